The summed E-state index contributed by atoms with van der Waals surface area (Å²) in [6.45, 7) is 0. The zero-order valence-corrected chi connectivity index (χ0v) is 12.3. The molecule has 1 atom stereocenters. The first kappa shape index (κ1) is 14.3. The Morgan fingerprint density at radius 3 is 2.79 bits per heavy atom. The number of rotatable bonds is 4. The van der Waals surface area contributed by atoms with Gasteiger partial charge in [-0.2, -0.15) is 4.98 Å². The molecule has 0 radical (unpaired) electrons. The Balaban J connectivity index is 2.21. The van der Waals surface area contributed by atoms with E-state index in [0.29, 0.717) is 16.7 Å². The summed E-state index contributed by atoms with van der Waals surface area (Å²) in [5, 5.41) is 3.67. The van der Waals surface area contributed by atoms with Gasteiger partial charge >= 0.3 is 0 Å². The monoisotopic (exact) mass is 316 g/mol. The van der Waals surface area contributed by atoms with Crippen LogP contribution >= 0.6 is 23.2 Å². The second kappa shape index (κ2) is 6.38. The van der Waals surface area contributed by atoms with Crippen molar-refractivity contribution < 1.29 is 4.55 Å². The van der Waals surface area contributed by atoms with Gasteiger partial charge in [-0.1, -0.05) is 22.8 Å². The highest BCUT2D eigenvalue weighted by Gasteiger charge is 2.08. The second-order valence-corrected chi connectivity index (χ2v) is 5.91. The predicted octanol–water partition coefficient (Wildman–Crippen LogP) is 2.80. The normalized spacial score (nSPS) is 12.2. The molecule has 0 amide bonds. The highest BCUT2D eigenvalue weighted by atomic mass is 35.5. The Labute approximate surface area is 123 Å². The lowest BCUT2D eigenvalue weighted by Gasteiger charge is -2.10. The lowest BCUT2D eigenvalue weighted by atomic mass is 10.2. The largest absolute Gasteiger partial charge is 0.616 e. The van der Waals surface area contributed by atoms with Crippen molar-refractivity contribution >= 4 is 46.0 Å². The standard InChI is InChI=1S/C11H10Cl2N4OS/c1-19(18)5-7-4-8(2-3-9(7)12)16-11-15-6-14-10(13)17-11/h2-4,6H,5H2,1H3,(H,14,15,16,17). The Bertz CT molecular complexity index is 582. The van der Waals surface area contributed by atoms with E-state index < -0.39 is 11.2 Å². The van der Waals surface area contributed by atoms with Gasteiger partial charge in [-0.25, -0.2) is 9.97 Å². The molecule has 0 saturated heterocycles. The molecule has 0 bridgehead atoms. The minimum absolute atomic E-state index is 0.112. The van der Waals surface area contributed by atoms with Gasteiger partial charge in [0.25, 0.3) is 0 Å². The molecule has 8 heteroatoms. The van der Waals surface area contributed by atoms with Crippen LogP contribution < -0.4 is 5.32 Å². The molecule has 1 N–H and O–H groups in total. The summed E-state index contributed by atoms with van der Waals surface area (Å²) in [4.78, 5) is 11.6. The van der Waals surface area contributed by atoms with Crippen LogP contribution in [0.15, 0.2) is 24.5 Å². The van der Waals surface area contributed by atoms with Gasteiger partial charge in [-0.3, -0.25) is 0 Å². The quantitative estimate of drug-likeness (QED) is 0.878. The summed E-state index contributed by atoms with van der Waals surface area (Å²) in [5.41, 5.74) is 1.54. The van der Waals surface area contributed by atoms with Crippen LogP contribution in [-0.4, -0.2) is 25.8 Å². The highest BCUT2D eigenvalue weighted by molar-refractivity contribution is 7.89. The van der Waals surface area contributed by atoms with Crippen LogP contribution in [0.3, 0.4) is 0 Å². The van der Waals surface area contributed by atoms with E-state index in [2.05, 4.69) is 20.3 Å². The molecular weight excluding hydrogens is 307 g/mol. The number of nitrogens with zero attached hydrogens (tertiary/aromatic N) is 3. The van der Waals surface area contributed by atoms with E-state index in [0.717, 1.165) is 11.3 Å². The van der Waals surface area contributed by atoms with Gasteiger partial charge in [-0.15, -0.1) is 0 Å². The molecule has 0 aliphatic rings. The van der Waals surface area contributed by atoms with Crippen molar-refractivity contribution in [3.8, 4) is 0 Å². The SMILES string of the molecule is C[S+]([O-])Cc1cc(Nc2ncnc(Cl)n2)ccc1Cl. The molecule has 1 aromatic heterocycles. The Kier molecular flexibility index (Phi) is 4.81. The van der Waals surface area contributed by atoms with Crippen molar-refractivity contribution in [1.82, 2.24) is 15.0 Å². The van der Waals surface area contributed by atoms with Crippen molar-refractivity contribution in [2.45, 2.75) is 5.75 Å². The summed E-state index contributed by atoms with van der Waals surface area (Å²) in [5.74, 6) is 0.734. The van der Waals surface area contributed by atoms with Gasteiger partial charge in [0.15, 0.2) is 0 Å². The summed E-state index contributed by atoms with van der Waals surface area (Å²) in [6.07, 6.45) is 2.94. The maximum atomic E-state index is 11.3. The maximum absolute atomic E-state index is 11.3. The average Bonchev–Trinajstić information content (AvgIpc) is 2.33. The van der Waals surface area contributed by atoms with Crippen LogP contribution in [0.4, 0.5) is 11.6 Å². The molecule has 100 valence electrons. The third-order valence-electron chi connectivity index (χ3n) is 2.20. The number of halogens is 2. The minimum atomic E-state index is -0.960. The average molecular weight is 317 g/mol. The van der Waals surface area contributed by atoms with E-state index in [9.17, 15) is 4.55 Å². The Morgan fingerprint density at radius 1 is 1.32 bits per heavy atom. The third kappa shape index (κ3) is 4.21. The number of nitrogens with one attached hydrogen (secondary N) is 1. The molecule has 5 nitrogen and oxygen atoms in total. The molecule has 0 aliphatic carbocycles. The van der Waals surface area contributed by atoms with Crippen LogP contribution in [0.5, 0.6) is 0 Å². The van der Waals surface area contributed by atoms with E-state index in [1.165, 1.54) is 6.33 Å². The molecule has 1 heterocycles. The number of benzene rings is 1. The van der Waals surface area contributed by atoms with E-state index in [1.807, 2.05) is 0 Å². The molecule has 0 spiro atoms. The molecule has 0 saturated carbocycles. The third-order valence-corrected chi connectivity index (χ3v) is 3.47. The summed E-state index contributed by atoms with van der Waals surface area (Å²) in [6, 6.07) is 5.32. The van der Waals surface area contributed by atoms with Crippen LogP contribution in [0.2, 0.25) is 10.3 Å². The van der Waals surface area contributed by atoms with Crippen LogP contribution in [0, 0.1) is 0 Å². The van der Waals surface area contributed by atoms with E-state index in [-0.39, 0.29) is 5.28 Å². The van der Waals surface area contributed by atoms with Crippen molar-refractivity contribution in [2.24, 2.45) is 0 Å². The van der Waals surface area contributed by atoms with Crippen molar-refractivity contribution in [2.75, 3.05) is 11.6 Å². The molecule has 2 rings (SSSR count). The lowest BCUT2D eigenvalue weighted by molar-refractivity contribution is 0.600. The van der Waals surface area contributed by atoms with Gasteiger partial charge in [0, 0.05) is 16.3 Å². The van der Waals surface area contributed by atoms with E-state index in [4.69, 9.17) is 23.2 Å². The lowest BCUT2D eigenvalue weighted by Crippen LogP contribution is -2.03. The topological polar surface area (TPSA) is 73.8 Å². The number of hydrogen-bond acceptors (Lipinski definition) is 5. The fourth-order valence-electron chi connectivity index (χ4n) is 1.45. The zero-order valence-electron chi connectivity index (χ0n) is 9.93. The number of hydrogen-bond donors (Lipinski definition) is 1. The molecule has 1 unspecified atom stereocenters. The first-order valence-corrected chi connectivity index (χ1v) is 7.73. The van der Waals surface area contributed by atoms with Crippen molar-refractivity contribution in [3.63, 3.8) is 0 Å². The molecule has 0 fully saturated rings. The first-order chi connectivity index (χ1) is 9.04. The summed E-state index contributed by atoms with van der Waals surface area (Å²) in [7, 11) is 0. The number of aromatic nitrogens is 3. The minimum Gasteiger partial charge on any atom is -0.616 e. The van der Waals surface area contributed by atoms with Gasteiger partial charge in [-0.05, 0) is 29.8 Å². The van der Waals surface area contributed by atoms with Crippen LogP contribution in [0.1, 0.15) is 5.56 Å². The van der Waals surface area contributed by atoms with Crippen molar-refractivity contribution in [3.05, 3.63) is 40.4 Å². The molecular formula is C11H10Cl2N4OS. The summed E-state index contributed by atoms with van der Waals surface area (Å²) < 4.78 is 11.3. The molecule has 0 aliphatic heterocycles. The zero-order chi connectivity index (χ0) is 13.8. The fourth-order valence-corrected chi connectivity index (χ4v) is 2.51. The maximum Gasteiger partial charge on any atom is 0.231 e. The van der Waals surface area contributed by atoms with E-state index in [1.54, 1.807) is 24.5 Å². The predicted molar refractivity (Wildman–Crippen MR) is 77.3 cm³/mol. The van der Waals surface area contributed by atoms with Gasteiger partial charge in [0.1, 0.15) is 12.1 Å². The Hall–Kier alpha value is -1.08. The van der Waals surface area contributed by atoms with Crippen molar-refractivity contribution in [1.29, 1.82) is 0 Å². The van der Waals surface area contributed by atoms with Gasteiger partial charge in [0.05, 0.1) is 6.26 Å². The fraction of sp³-hybridized carbons (Fsp3) is 0.182. The summed E-state index contributed by atoms with van der Waals surface area (Å²) >= 11 is 10.8. The molecule has 2 aromatic rings. The smallest absolute Gasteiger partial charge is 0.231 e. The van der Waals surface area contributed by atoms with E-state index >= 15 is 0 Å². The Morgan fingerprint density at radius 2 is 2.11 bits per heavy atom. The molecule has 1 aromatic carbocycles. The first-order valence-electron chi connectivity index (χ1n) is 5.24. The van der Waals surface area contributed by atoms with Crippen LogP contribution in [0.25, 0.3) is 0 Å². The van der Waals surface area contributed by atoms with Gasteiger partial charge < -0.3 is 9.87 Å². The second-order valence-electron chi connectivity index (χ2n) is 3.73. The molecule has 19 heavy (non-hydrogen) atoms. The van der Waals surface area contributed by atoms with Crippen LogP contribution in [-0.2, 0) is 16.9 Å². The number of anilines is 2. The highest BCUT2D eigenvalue weighted by Crippen LogP contribution is 2.24. The van der Waals surface area contributed by atoms with Gasteiger partial charge in [0.2, 0.25) is 11.2 Å².